The molecule has 1 aromatic rings. The van der Waals surface area contributed by atoms with E-state index in [0.717, 1.165) is 31.3 Å². The van der Waals surface area contributed by atoms with Crippen LogP contribution >= 0.6 is 12.4 Å². The molecule has 1 aliphatic carbocycles. The molecule has 0 radical (unpaired) electrons. The highest BCUT2D eigenvalue weighted by molar-refractivity contribution is 5.85. The van der Waals surface area contributed by atoms with Crippen LogP contribution in [0.3, 0.4) is 0 Å². The van der Waals surface area contributed by atoms with Crippen LogP contribution in [0.2, 0.25) is 0 Å². The molecule has 20 heavy (non-hydrogen) atoms. The molecule has 1 aliphatic rings. The summed E-state index contributed by atoms with van der Waals surface area (Å²) < 4.78 is 0. The Bertz CT molecular complexity index is 473. The van der Waals surface area contributed by atoms with Gasteiger partial charge in [0.2, 0.25) is 0 Å². The van der Waals surface area contributed by atoms with E-state index in [1.54, 1.807) is 0 Å². The van der Waals surface area contributed by atoms with Crippen LogP contribution < -0.4 is 0 Å². The van der Waals surface area contributed by atoms with Crippen LogP contribution in [0.4, 0.5) is 0 Å². The monoisotopic (exact) mass is 295 g/mol. The fraction of sp³-hybridized carbons (Fsp3) is 0.438. The lowest BCUT2D eigenvalue weighted by atomic mass is 9.74. The molecule has 0 unspecified atom stereocenters. The third-order valence-corrected chi connectivity index (χ3v) is 4.21. The maximum absolute atomic E-state index is 10.7. The lowest BCUT2D eigenvalue weighted by molar-refractivity contribution is -0.131. The quantitative estimate of drug-likeness (QED) is 0.868. The second-order valence-electron chi connectivity index (χ2n) is 5.43. The van der Waals surface area contributed by atoms with Gasteiger partial charge in [0.1, 0.15) is 0 Å². The minimum Gasteiger partial charge on any atom is -0.478 e. The largest absolute Gasteiger partial charge is 0.478 e. The van der Waals surface area contributed by atoms with Crippen LogP contribution in [0.15, 0.2) is 42.0 Å². The van der Waals surface area contributed by atoms with Gasteiger partial charge in [0.25, 0.3) is 0 Å². The van der Waals surface area contributed by atoms with Crippen LogP contribution in [-0.4, -0.2) is 30.1 Å². The topological polar surface area (TPSA) is 40.5 Å². The zero-order chi connectivity index (χ0) is 13.9. The summed E-state index contributed by atoms with van der Waals surface area (Å²) >= 11 is 0. The molecular weight excluding hydrogens is 274 g/mol. The maximum Gasteiger partial charge on any atom is 0.328 e. The van der Waals surface area contributed by atoms with E-state index >= 15 is 0 Å². The number of aliphatic carboxylic acids is 1. The molecule has 0 saturated heterocycles. The molecule has 0 amide bonds. The Morgan fingerprint density at radius 2 is 1.75 bits per heavy atom. The van der Waals surface area contributed by atoms with E-state index in [4.69, 9.17) is 5.11 Å². The van der Waals surface area contributed by atoms with Crippen LogP contribution in [0.5, 0.6) is 0 Å². The SMILES string of the molecule is CN(C)C1(c2ccccc2)CCC(=CC(=O)O)CC1.Cl. The standard InChI is InChI=1S/C16H21NO2.ClH/c1-17(2)16(14-6-4-3-5-7-14)10-8-13(9-11-16)12-15(18)19;/h3-7,12H,8-11H2,1-2H3,(H,18,19);1H. The van der Waals surface area contributed by atoms with E-state index in [-0.39, 0.29) is 17.9 Å². The molecule has 0 aromatic heterocycles. The van der Waals surface area contributed by atoms with Gasteiger partial charge in [-0.1, -0.05) is 35.9 Å². The molecule has 1 saturated carbocycles. The molecule has 0 bridgehead atoms. The Balaban J connectivity index is 0.00000200. The molecule has 3 nitrogen and oxygen atoms in total. The third-order valence-electron chi connectivity index (χ3n) is 4.21. The van der Waals surface area contributed by atoms with E-state index in [2.05, 4.69) is 43.3 Å². The lowest BCUT2D eigenvalue weighted by Gasteiger charge is -2.44. The first kappa shape index (κ1) is 16.7. The van der Waals surface area contributed by atoms with Crippen LogP contribution in [0.25, 0.3) is 0 Å². The van der Waals surface area contributed by atoms with Crippen LogP contribution in [0.1, 0.15) is 31.2 Å². The molecule has 1 aromatic carbocycles. The van der Waals surface area contributed by atoms with E-state index in [9.17, 15) is 4.79 Å². The summed E-state index contributed by atoms with van der Waals surface area (Å²) in [7, 11) is 4.22. The predicted molar refractivity (Wildman–Crippen MR) is 83.2 cm³/mol. The second kappa shape index (κ2) is 6.91. The summed E-state index contributed by atoms with van der Waals surface area (Å²) in [6, 6.07) is 10.5. The van der Waals surface area contributed by atoms with Crippen molar-refractivity contribution in [1.29, 1.82) is 0 Å². The number of hydrogen-bond acceptors (Lipinski definition) is 2. The Kier molecular flexibility index (Phi) is 5.78. The minimum absolute atomic E-state index is 0. The van der Waals surface area contributed by atoms with Gasteiger partial charge in [-0.3, -0.25) is 4.90 Å². The first-order valence-electron chi connectivity index (χ1n) is 6.70. The van der Waals surface area contributed by atoms with Gasteiger partial charge in [0, 0.05) is 11.6 Å². The lowest BCUT2D eigenvalue weighted by Crippen LogP contribution is -2.43. The highest BCUT2D eigenvalue weighted by atomic mass is 35.5. The number of carboxylic acid groups (broad SMARTS) is 1. The maximum atomic E-state index is 10.7. The van der Waals surface area contributed by atoms with Gasteiger partial charge in [-0.05, 0) is 45.3 Å². The molecule has 1 N–H and O–H groups in total. The predicted octanol–water partition coefficient (Wildman–Crippen LogP) is 3.45. The van der Waals surface area contributed by atoms with Gasteiger partial charge in [0.15, 0.2) is 0 Å². The van der Waals surface area contributed by atoms with Gasteiger partial charge >= 0.3 is 5.97 Å². The summed E-state index contributed by atoms with van der Waals surface area (Å²) in [5, 5.41) is 8.84. The van der Waals surface area contributed by atoms with Crippen molar-refractivity contribution in [2.24, 2.45) is 0 Å². The normalized spacial score (nSPS) is 22.2. The van der Waals surface area contributed by atoms with Crippen molar-refractivity contribution in [3.8, 4) is 0 Å². The molecule has 0 heterocycles. The summed E-state index contributed by atoms with van der Waals surface area (Å²) in [6.45, 7) is 0. The molecular formula is C16H22ClNO2. The minimum atomic E-state index is -0.827. The Labute approximate surface area is 126 Å². The zero-order valence-electron chi connectivity index (χ0n) is 12.0. The Hall–Kier alpha value is -1.32. The summed E-state index contributed by atoms with van der Waals surface area (Å²) in [4.78, 5) is 13.0. The van der Waals surface area contributed by atoms with Crippen LogP contribution in [-0.2, 0) is 10.3 Å². The molecule has 0 atom stereocenters. The van der Waals surface area contributed by atoms with Gasteiger partial charge in [-0.2, -0.15) is 0 Å². The van der Waals surface area contributed by atoms with Gasteiger partial charge in [0.05, 0.1) is 0 Å². The number of hydrogen-bond donors (Lipinski definition) is 1. The smallest absolute Gasteiger partial charge is 0.328 e. The van der Waals surface area contributed by atoms with E-state index in [1.165, 1.54) is 11.6 Å². The fourth-order valence-corrected chi connectivity index (χ4v) is 3.05. The van der Waals surface area contributed by atoms with Crippen molar-refractivity contribution in [3.63, 3.8) is 0 Å². The third kappa shape index (κ3) is 3.41. The molecule has 2 rings (SSSR count). The van der Waals surface area contributed by atoms with E-state index < -0.39 is 5.97 Å². The van der Waals surface area contributed by atoms with Crippen molar-refractivity contribution in [3.05, 3.63) is 47.5 Å². The van der Waals surface area contributed by atoms with Crippen molar-refractivity contribution < 1.29 is 9.90 Å². The summed E-state index contributed by atoms with van der Waals surface area (Å²) in [5.41, 5.74) is 2.42. The van der Waals surface area contributed by atoms with Crippen molar-refractivity contribution in [1.82, 2.24) is 4.90 Å². The highest BCUT2D eigenvalue weighted by Crippen LogP contribution is 2.42. The van der Waals surface area contributed by atoms with Crippen LogP contribution in [0, 0.1) is 0 Å². The first-order chi connectivity index (χ1) is 9.04. The average Bonchev–Trinajstić information content (AvgIpc) is 2.40. The van der Waals surface area contributed by atoms with Crippen molar-refractivity contribution >= 4 is 18.4 Å². The number of carbonyl (C=O) groups is 1. The van der Waals surface area contributed by atoms with Gasteiger partial charge in [-0.25, -0.2) is 4.79 Å². The number of benzene rings is 1. The molecule has 0 aliphatic heterocycles. The number of carboxylic acids is 1. The Morgan fingerprint density at radius 3 is 2.20 bits per heavy atom. The number of nitrogens with zero attached hydrogens (tertiary/aromatic N) is 1. The Morgan fingerprint density at radius 1 is 1.20 bits per heavy atom. The van der Waals surface area contributed by atoms with E-state index in [0.29, 0.717) is 0 Å². The number of halogens is 1. The molecule has 0 spiro atoms. The average molecular weight is 296 g/mol. The molecule has 4 heteroatoms. The number of allylic oxidation sites excluding steroid dienone is 1. The van der Waals surface area contributed by atoms with Gasteiger partial charge in [-0.15, -0.1) is 12.4 Å². The zero-order valence-corrected chi connectivity index (χ0v) is 12.8. The highest BCUT2D eigenvalue weighted by Gasteiger charge is 2.37. The van der Waals surface area contributed by atoms with E-state index in [1.807, 2.05) is 6.07 Å². The number of rotatable bonds is 3. The second-order valence-corrected chi connectivity index (χ2v) is 5.43. The van der Waals surface area contributed by atoms with Crippen molar-refractivity contribution in [2.75, 3.05) is 14.1 Å². The van der Waals surface area contributed by atoms with Crippen molar-refractivity contribution in [2.45, 2.75) is 31.2 Å². The molecule has 110 valence electrons. The van der Waals surface area contributed by atoms with Gasteiger partial charge < -0.3 is 5.11 Å². The fourth-order valence-electron chi connectivity index (χ4n) is 3.05. The summed E-state index contributed by atoms with van der Waals surface area (Å²) in [5.74, 6) is -0.827. The molecule has 1 fully saturated rings. The first-order valence-corrected chi connectivity index (χ1v) is 6.70. The summed E-state index contributed by atoms with van der Waals surface area (Å²) in [6.07, 6.45) is 5.05.